The van der Waals surface area contributed by atoms with Crippen LogP contribution in [-0.4, -0.2) is 52.8 Å². The number of hydrogen-bond donors (Lipinski definition) is 1. The summed E-state index contributed by atoms with van der Waals surface area (Å²) in [5.74, 6) is -1.13. The predicted molar refractivity (Wildman–Crippen MR) is 118 cm³/mol. The summed E-state index contributed by atoms with van der Waals surface area (Å²) in [5, 5.41) is 4.90. The van der Waals surface area contributed by atoms with Gasteiger partial charge in [-0.2, -0.15) is 0 Å². The Morgan fingerprint density at radius 3 is 2.00 bits per heavy atom. The largest absolute Gasteiger partial charge is 0.332 e. The quantitative estimate of drug-likeness (QED) is 0.658. The Hall–Kier alpha value is -3.03. The second kappa shape index (κ2) is 9.19. The molecule has 1 aliphatic rings. The highest BCUT2D eigenvalue weighted by molar-refractivity contribution is 7.14. The molecule has 154 valence electrons. The Balaban J connectivity index is 1.43. The topological polar surface area (TPSA) is 65.5 Å². The molecule has 1 aromatic heterocycles. The van der Waals surface area contributed by atoms with Gasteiger partial charge in [-0.25, -0.2) is 4.98 Å². The lowest BCUT2D eigenvalue weighted by Gasteiger charge is -2.39. The van der Waals surface area contributed by atoms with Crippen molar-refractivity contribution >= 4 is 28.3 Å². The van der Waals surface area contributed by atoms with Gasteiger partial charge >= 0.3 is 11.8 Å². The molecule has 0 unspecified atom stereocenters. The van der Waals surface area contributed by atoms with E-state index in [9.17, 15) is 9.59 Å². The van der Waals surface area contributed by atoms with Gasteiger partial charge in [-0.1, -0.05) is 60.7 Å². The third-order valence-corrected chi connectivity index (χ3v) is 6.11. The van der Waals surface area contributed by atoms with Gasteiger partial charge in [-0.3, -0.25) is 19.8 Å². The molecule has 1 N–H and O–H groups in total. The van der Waals surface area contributed by atoms with Crippen molar-refractivity contribution in [3.8, 4) is 0 Å². The number of rotatable bonds is 4. The number of hydrogen-bond acceptors (Lipinski definition) is 5. The maximum Gasteiger partial charge on any atom is 0.315 e. The van der Waals surface area contributed by atoms with E-state index in [1.165, 1.54) is 22.5 Å². The molecule has 2 aromatic carbocycles. The molecule has 0 spiro atoms. The summed E-state index contributed by atoms with van der Waals surface area (Å²) in [6.45, 7) is 4.27. The Kier molecular flexibility index (Phi) is 6.21. The molecule has 30 heavy (non-hydrogen) atoms. The van der Waals surface area contributed by atoms with Crippen LogP contribution >= 0.6 is 11.3 Å². The van der Waals surface area contributed by atoms with Gasteiger partial charge in [-0.05, 0) is 18.1 Å². The van der Waals surface area contributed by atoms with Crippen LogP contribution in [0.25, 0.3) is 0 Å². The SMILES string of the molecule is Cc1csc(NC(=O)C(=O)N2CCN(C(c3ccccc3)c3ccccc3)CC2)n1. The van der Waals surface area contributed by atoms with Crippen LogP contribution in [0, 0.1) is 6.92 Å². The summed E-state index contributed by atoms with van der Waals surface area (Å²) in [6.07, 6.45) is 0. The van der Waals surface area contributed by atoms with Crippen molar-refractivity contribution in [1.29, 1.82) is 0 Å². The summed E-state index contributed by atoms with van der Waals surface area (Å²) < 4.78 is 0. The maximum absolute atomic E-state index is 12.6. The van der Waals surface area contributed by atoms with Crippen LogP contribution in [0.3, 0.4) is 0 Å². The minimum Gasteiger partial charge on any atom is -0.332 e. The zero-order valence-electron chi connectivity index (χ0n) is 16.8. The van der Waals surface area contributed by atoms with Crippen LogP contribution < -0.4 is 5.32 Å². The average molecular weight is 421 g/mol. The minimum atomic E-state index is -0.625. The first-order valence-corrected chi connectivity index (χ1v) is 10.9. The highest BCUT2D eigenvalue weighted by Crippen LogP contribution is 2.29. The molecule has 1 saturated heterocycles. The van der Waals surface area contributed by atoms with Crippen molar-refractivity contribution < 1.29 is 9.59 Å². The molecule has 0 radical (unpaired) electrons. The maximum atomic E-state index is 12.6. The molecule has 0 atom stereocenters. The molecule has 0 bridgehead atoms. The van der Waals surface area contributed by atoms with Gasteiger partial charge in [0.1, 0.15) is 0 Å². The van der Waals surface area contributed by atoms with Crippen LogP contribution in [0.15, 0.2) is 66.0 Å². The van der Waals surface area contributed by atoms with Gasteiger partial charge in [0.25, 0.3) is 0 Å². The van der Waals surface area contributed by atoms with Crippen molar-refractivity contribution in [2.75, 3.05) is 31.5 Å². The van der Waals surface area contributed by atoms with Crippen molar-refractivity contribution in [3.63, 3.8) is 0 Å². The molecular formula is C23H24N4O2S. The lowest BCUT2D eigenvalue weighted by atomic mass is 9.96. The van der Waals surface area contributed by atoms with Gasteiger partial charge in [0, 0.05) is 31.6 Å². The average Bonchev–Trinajstić information content (AvgIpc) is 3.20. The van der Waals surface area contributed by atoms with Crippen molar-refractivity contribution in [1.82, 2.24) is 14.8 Å². The van der Waals surface area contributed by atoms with Gasteiger partial charge in [0.2, 0.25) is 0 Å². The lowest BCUT2D eigenvalue weighted by molar-refractivity contribution is -0.144. The van der Waals surface area contributed by atoms with Crippen LogP contribution in [0.1, 0.15) is 22.9 Å². The third-order valence-electron chi connectivity index (χ3n) is 5.23. The van der Waals surface area contributed by atoms with Crippen LogP contribution in [0.4, 0.5) is 5.13 Å². The number of anilines is 1. The first-order valence-electron chi connectivity index (χ1n) is 9.98. The molecular weight excluding hydrogens is 396 g/mol. The van der Waals surface area contributed by atoms with Crippen molar-refractivity contribution in [2.45, 2.75) is 13.0 Å². The fourth-order valence-corrected chi connectivity index (χ4v) is 4.46. The summed E-state index contributed by atoms with van der Waals surface area (Å²) in [4.78, 5) is 33.1. The molecule has 4 rings (SSSR count). The van der Waals surface area contributed by atoms with E-state index in [1.807, 2.05) is 24.4 Å². The number of aromatic nitrogens is 1. The highest BCUT2D eigenvalue weighted by Gasteiger charge is 2.30. The van der Waals surface area contributed by atoms with Crippen molar-refractivity contribution in [3.05, 3.63) is 82.9 Å². The molecule has 7 heteroatoms. The fourth-order valence-electron chi connectivity index (χ4n) is 3.77. The third kappa shape index (κ3) is 4.58. The number of carbonyl (C=O) groups excluding carboxylic acids is 2. The van der Waals surface area contributed by atoms with Crippen LogP contribution in [0.2, 0.25) is 0 Å². The van der Waals surface area contributed by atoms with E-state index < -0.39 is 11.8 Å². The Labute approximate surface area is 180 Å². The van der Waals surface area contributed by atoms with Gasteiger partial charge in [-0.15, -0.1) is 11.3 Å². The Morgan fingerprint density at radius 2 is 1.50 bits per heavy atom. The summed E-state index contributed by atoms with van der Waals surface area (Å²) in [6, 6.07) is 20.9. The molecule has 0 aliphatic carbocycles. The Morgan fingerprint density at radius 1 is 0.933 bits per heavy atom. The summed E-state index contributed by atoms with van der Waals surface area (Å²) in [7, 11) is 0. The molecule has 6 nitrogen and oxygen atoms in total. The molecule has 0 saturated carbocycles. The van der Waals surface area contributed by atoms with Gasteiger partial charge < -0.3 is 4.90 Å². The zero-order valence-corrected chi connectivity index (χ0v) is 17.6. The van der Waals surface area contributed by atoms with E-state index in [4.69, 9.17) is 0 Å². The molecule has 2 heterocycles. The van der Waals surface area contributed by atoms with E-state index in [-0.39, 0.29) is 6.04 Å². The van der Waals surface area contributed by atoms with Crippen LogP contribution in [-0.2, 0) is 9.59 Å². The molecule has 1 aliphatic heterocycles. The van der Waals surface area contributed by atoms with Gasteiger partial charge in [0.05, 0.1) is 11.7 Å². The Bertz CT molecular complexity index is 959. The number of carbonyl (C=O) groups is 2. The number of piperazine rings is 1. The minimum absolute atomic E-state index is 0.122. The van der Waals surface area contributed by atoms with Crippen LogP contribution in [0.5, 0.6) is 0 Å². The standard InChI is InChI=1S/C23H24N4O2S/c1-17-16-30-23(24-17)25-21(28)22(29)27-14-12-26(13-15-27)20(18-8-4-2-5-9-18)19-10-6-3-7-11-19/h2-11,16,20H,12-15H2,1H3,(H,24,25,28). The molecule has 1 fully saturated rings. The smallest absolute Gasteiger partial charge is 0.315 e. The second-order valence-electron chi connectivity index (χ2n) is 7.30. The second-order valence-corrected chi connectivity index (χ2v) is 8.16. The summed E-state index contributed by atoms with van der Waals surface area (Å²) in [5.41, 5.74) is 3.27. The highest BCUT2D eigenvalue weighted by atomic mass is 32.1. The summed E-state index contributed by atoms with van der Waals surface area (Å²) >= 11 is 1.32. The fraction of sp³-hybridized carbons (Fsp3) is 0.261. The van der Waals surface area contributed by atoms with E-state index in [0.29, 0.717) is 31.3 Å². The first-order chi connectivity index (χ1) is 14.6. The van der Waals surface area contributed by atoms with Crippen molar-refractivity contribution in [2.24, 2.45) is 0 Å². The normalized spacial score (nSPS) is 14.7. The number of amides is 2. The number of thiazole rings is 1. The zero-order chi connectivity index (χ0) is 20.9. The van der Waals surface area contributed by atoms with Gasteiger partial charge in [0.15, 0.2) is 5.13 Å². The first kappa shape index (κ1) is 20.3. The monoisotopic (exact) mass is 420 g/mol. The molecule has 3 aromatic rings. The predicted octanol–water partition coefficient (Wildman–Crippen LogP) is 3.32. The molecule has 2 amide bonds. The number of benzene rings is 2. The van der Waals surface area contributed by atoms with E-state index in [0.717, 1.165) is 5.69 Å². The lowest BCUT2D eigenvalue weighted by Crippen LogP contribution is -2.52. The number of aryl methyl sites for hydroxylation is 1. The number of nitrogens with one attached hydrogen (secondary N) is 1. The number of nitrogens with zero attached hydrogens (tertiary/aromatic N) is 3. The van der Waals surface area contributed by atoms with E-state index in [2.05, 4.69) is 63.7 Å². The van der Waals surface area contributed by atoms with E-state index >= 15 is 0 Å². The van der Waals surface area contributed by atoms with E-state index in [1.54, 1.807) is 4.90 Å².